The van der Waals surface area contributed by atoms with Crippen LogP contribution in [-0.2, 0) is 18.9 Å². The first-order chi connectivity index (χ1) is 19.0. The van der Waals surface area contributed by atoms with Crippen molar-refractivity contribution < 1.29 is 13.6 Å². The van der Waals surface area contributed by atoms with E-state index in [1.807, 2.05) is 44.1 Å². The predicted molar refractivity (Wildman–Crippen MR) is 157 cm³/mol. The van der Waals surface area contributed by atoms with Crippen LogP contribution in [0.15, 0.2) is 42.6 Å². The zero-order chi connectivity index (χ0) is 29.0. The van der Waals surface area contributed by atoms with Crippen LogP contribution in [0, 0.1) is 13.8 Å². The van der Waals surface area contributed by atoms with Crippen LogP contribution in [0.3, 0.4) is 0 Å². The minimum atomic E-state index is -2.88. The van der Waals surface area contributed by atoms with Crippen molar-refractivity contribution in [3.8, 4) is 0 Å². The molecule has 4 rings (SSSR count). The molecule has 0 bridgehead atoms. The first kappa shape index (κ1) is 29.4. The Morgan fingerprint density at radius 1 is 1.15 bits per heavy atom. The van der Waals surface area contributed by atoms with Gasteiger partial charge in [-0.3, -0.25) is 4.79 Å². The van der Waals surface area contributed by atoms with E-state index in [2.05, 4.69) is 34.8 Å². The molecule has 2 heterocycles. The summed E-state index contributed by atoms with van der Waals surface area (Å²) in [7, 11) is 1.89. The van der Waals surface area contributed by atoms with Crippen LogP contribution in [0.25, 0.3) is 0 Å². The van der Waals surface area contributed by atoms with Crippen LogP contribution >= 0.6 is 0 Å². The molecule has 214 valence electrons. The Morgan fingerprint density at radius 3 is 2.50 bits per heavy atom. The molecule has 1 amide bonds. The van der Waals surface area contributed by atoms with E-state index in [4.69, 9.17) is 4.98 Å². The SMILES string of the molecule is CCc1cnc(Nc2ccc(C(C)(F)F)cc2)nc1CN[C@@H]1CCN(C(=O)c2cc(C)c(NC)cc2C)[C@H](C)C1. The number of amides is 1. The van der Waals surface area contributed by atoms with E-state index in [-0.39, 0.29) is 23.6 Å². The number of benzene rings is 2. The monoisotopic (exact) mass is 550 g/mol. The van der Waals surface area contributed by atoms with E-state index >= 15 is 0 Å². The lowest BCUT2D eigenvalue weighted by Crippen LogP contribution is -2.49. The number of likely N-dealkylation sites (tertiary alicyclic amines) is 1. The molecule has 0 aliphatic carbocycles. The lowest BCUT2D eigenvalue weighted by molar-refractivity contribution is 0.0175. The van der Waals surface area contributed by atoms with Crippen molar-refractivity contribution in [2.24, 2.45) is 0 Å². The average molecular weight is 551 g/mol. The smallest absolute Gasteiger partial charge is 0.270 e. The van der Waals surface area contributed by atoms with Gasteiger partial charge in [-0.25, -0.2) is 18.7 Å². The quantitative estimate of drug-likeness (QED) is 0.289. The molecule has 40 heavy (non-hydrogen) atoms. The summed E-state index contributed by atoms with van der Waals surface area (Å²) in [6, 6.07) is 10.4. The maximum absolute atomic E-state index is 13.5. The van der Waals surface area contributed by atoms with Crippen molar-refractivity contribution >= 4 is 23.2 Å². The van der Waals surface area contributed by atoms with Gasteiger partial charge in [-0.1, -0.05) is 19.1 Å². The molecule has 0 unspecified atom stereocenters. The Bertz CT molecular complexity index is 1340. The Hall–Kier alpha value is -3.59. The van der Waals surface area contributed by atoms with Crippen molar-refractivity contribution in [2.75, 3.05) is 24.2 Å². The van der Waals surface area contributed by atoms with Crippen LogP contribution < -0.4 is 16.0 Å². The molecule has 2 atom stereocenters. The number of carbonyl (C=O) groups is 1. The van der Waals surface area contributed by atoms with Gasteiger partial charge in [-0.15, -0.1) is 0 Å². The van der Waals surface area contributed by atoms with Gasteiger partial charge in [0, 0.05) is 67.8 Å². The molecular formula is C31H40F2N6O. The molecule has 3 aromatic rings. The average Bonchev–Trinajstić information content (AvgIpc) is 2.92. The van der Waals surface area contributed by atoms with Gasteiger partial charge >= 0.3 is 0 Å². The van der Waals surface area contributed by atoms with Gasteiger partial charge in [-0.05, 0) is 81.0 Å². The molecule has 1 aliphatic rings. The Labute approximate surface area is 235 Å². The van der Waals surface area contributed by atoms with E-state index in [1.165, 1.54) is 12.1 Å². The van der Waals surface area contributed by atoms with Gasteiger partial charge in [0.15, 0.2) is 0 Å². The van der Waals surface area contributed by atoms with Crippen LogP contribution in [-0.4, -0.2) is 46.5 Å². The van der Waals surface area contributed by atoms with Gasteiger partial charge in [0.1, 0.15) is 0 Å². The third-order valence-electron chi connectivity index (χ3n) is 7.75. The zero-order valence-corrected chi connectivity index (χ0v) is 24.2. The zero-order valence-electron chi connectivity index (χ0n) is 24.2. The molecule has 2 aromatic carbocycles. The fourth-order valence-corrected chi connectivity index (χ4v) is 5.30. The molecular weight excluding hydrogens is 510 g/mol. The molecule has 0 radical (unpaired) electrons. The maximum atomic E-state index is 13.5. The summed E-state index contributed by atoms with van der Waals surface area (Å²) in [5.74, 6) is -2.37. The van der Waals surface area contributed by atoms with Crippen molar-refractivity contribution in [3.05, 3.63) is 76.1 Å². The summed E-state index contributed by atoms with van der Waals surface area (Å²) < 4.78 is 27.1. The molecule has 0 saturated carbocycles. The summed E-state index contributed by atoms with van der Waals surface area (Å²) >= 11 is 0. The number of piperidine rings is 1. The Kier molecular flexibility index (Phi) is 9.03. The first-order valence-corrected chi connectivity index (χ1v) is 13.9. The largest absolute Gasteiger partial charge is 0.388 e. The number of nitrogens with one attached hydrogen (secondary N) is 3. The predicted octanol–water partition coefficient (Wildman–Crippen LogP) is 6.34. The minimum absolute atomic E-state index is 0.0379. The molecule has 1 aliphatic heterocycles. The number of anilines is 3. The van der Waals surface area contributed by atoms with Crippen molar-refractivity contribution in [1.29, 1.82) is 0 Å². The number of nitrogens with zero attached hydrogens (tertiary/aromatic N) is 3. The van der Waals surface area contributed by atoms with Crippen LogP contribution in [0.1, 0.15) is 71.9 Å². The lowest BCUT2D eigenvalue weighted by Gasteiger charge is -2.38. The lowest BCUT2D eigenvalue weighted by atomic mass is 9.95. The number of aromatic nitrogens is 2. The normalized spacial score (nSPS) is 17.6. The molecule has 1 fully saturated rings. The highest BCUT2D eigenvalue weighted by Crippen LogP contribution is 2.29. The van der Waals surface area contributed by atoms with Crippen LogP contribution in [0.2, 0.25) is 0 Å². The third-order valence-corrected chi connectivity index (χ3v) is 7.75. The van der Waals surface area contributed by atoms with E-state index in [9.17, 15) is 13.6 Å². The number of hydrogen-bond acceptors (Lipinski definition) is 6. The summed E-state index contributed by atoms with van der Waals surface area (Å²) in [6.07, 6.45) is 4.32. The topological polar surface area (TPSA) is 82.2 Å². The molecule has 1 aromatic heterocycles. The number of rotatable bonds is 9. The number of aryl methyl sites for hydroxylation is 3. The van der Waals surface area contributed by atoms with Crippen LogP contribution in [0.5, 0.6) is 0 Å². The standard InChI is InChI=1S/C31H40F2N6O/c1-7-22-17-36-30(37-24-10-8-23(9-11-24)31(5,32)33)38-28(22)18-35-25-12-13-39(21(4)16-25)29(40)26-14-20(3)27(34-6)15-19(26)2/h8-11,14-15,17,21,25,34-35H,7,12-13,16,18H2,1-6H3,(H,36,37,38)/t21-,25-/m1/s1. The second-order valence-electron chi connectivity index (χ2n) is 10.8. The first-order valence-electron chi connectivity index (χ1n) is 13.9. The van der Waals surface area contributed by atoms with Gasteiger partial charge in [0.2, 0.25) is 5.95 Å². The Balaban J connectivity index is 1.38. The minimum Gasteiger partial charge on any atom is -0.388 e. The van der Waals surface area contributed by atoms with Crippen LogP contribution in [0.4, 0.5) is 26.1 Å². The van der Waals surface area contributed by atoms with Gasteiger partial charge < -0.3 is 20.9 Å². The highest BCUT2D eigenvalue weighted by atomic mass is 19.3. The maximum Gasteiger partial charge on any atom is 0.270 e. The third kappa shape index (κ3) is 6.75. The molecule has 1 saturated heterocycles. The molecule has 3 N–H and O–H groups in total. The highest BCUT2D eigenvalue weighted by Gasteiger charge is 2.30. The molecule has 0 spiro atoms. The van der Waals surface area contributed by atoms with Gasteiger partial charge in [0.25, 0.3) is 11.8 Å². The van der Waals surface area contributed by atoms with Crippen molar-refractivity contribution in [2.45, 2.75) is 78.4 Å². The van der Waals surface area contributed by atoms with E-state index in [0.29, 0.717) is 24.7 Å². The molecule has 7 nitrogen and oxygen atoms in total. The fraction of sp³-hybridized carbons (Fsp3) is 0.452. The highest BCUT2D eigenvalue weighted by molar-refractivity contribution is 5.96. The summed E-state index contributed by atoms with van der Waals surface area (Å²) in [4.78, 5) is 24.6. The van der Waals surface area contributed by atoms with Gasteiger partial charge in [0.05, 0.1) is 5.69 Å². The summed E-state index contributed by atoms with van der Waals surface area (Å²) in [5, 5.41) is 9.95. The van der Waals surface area contributed by atoms with E-state index < -0.39 is 5.92 Å². The van der Waals surface area contributed by atoms with E-state index in [0.717, 1.165) is 59.8 Å². The Morgan fingerprint density at radius 2 is 1.88 bits per heavy atom. The second-order valence-corrected chi connectivity index (χ2v) is 10.8. The van der Waals surface area contributed by atoms with Gasteiger partial charge in [-0.2, -0.15) is 0 Å². The number of hydrogen-bond donors (Lipinski definition) is 3. The van der Waals surface area contributed by atoms with E-state index in [1.54, 1.807) is 12.1 Å². The number of alkyl halides is 2. The number of halogens is 2. The van der Waals surface area contributed by atoms with Crippen molar-refractivity contribution in [3.63, 3.8) is 0 Å². The number of carbonyl (C=O) groups excluding carboxylic acids is 1. The molecule has 9 heteroatoms. The fourth-order valence-electron chi connectivity index (χ4n) is 5.30. The summed E-state index contributed by atoms with van der Waals surface area (Å²) in [5.41, 5.74) is 6.41. The summed E-state index contributed by atoms with van der Waals surface area (Å²) in [6.45, 7) is 10.3. The second kappa shape index (κ2) is 12.3. The van der Waals surface area contributed by atoms with Crippen molar-refractivity contribution in [1.82, 2.24) is 20.2 Å².